The number of nitrogens with zero attached hydrogens (tertiary/aromatic N) is 1. The molecule has 2 aromatic carbocycles. The molecule has 234 valence electrons. The molecule has 5 nitrogen and oxygen atoms in total. The van der Waals surface area contributed by atoms with Crippen LogP contribution in [0.15, 0.2) is 78.4 Å². The number of ketones is 1. The predicted octanol–water partition coefficient (Wildman–Crippen LogP) is 7.00. The van der Waals surface area contributed by atoms with Crippen molar-refractivity contribution in [1.29, 1.82) is 0 Å². The molecule has 8 atom stereocenters. The van der Waals surface area contributed by atoms with Crippen LogP contribution in [0.4, 0.5) is 0 Å². The Morgan fingerprint density at radius 3 is 2.51 bits per heavy atom. The molecule has 2 spiro atoms. The monoisotopic (exact) mass is 602 g/mol. The summed E-state index contributed by atoms with van der Waals surface area (Å²) in [6.07, 6.45) is 14.0. The van der Waals surface area contributed by atoms with Crippen molar-refractivity contribution in [2.75, 3.05) is 13.1 Å². The summed E-state index contributed by atoms with van der Waals surface area (Å²) in [5.74, 6) is 0.632. The number of fused-ring (bicyclic) bond motifs is 4. The first-order valence-electron chi connectivity index (χ1n) is 17.4. The maximum Gasteiger partial charge on any atom is 0.189 e. The van der Waals surface area contributed by atoms with Gasteiger partial charge < -0.3 is 15.2 Å². The predicted molar refractivity (Wildman–Crippen MR) is 177 cm³/mol. The van der Waals surface area contributed by atoms with Crippen LogP contribution < -0.4 is 0 Å². The highest BCUT2D eigenvalue weighted by Crippen LogP contribution is 2.78. The van der Waals surface area contributed by atoms with Gasteiger partial charge in [0.05, 0.1) is 11.7 Å². The van der Waals surface area contributed by atoms with E-state index in [0.29, 0.717) is 18.9 Å². The number of H-pyrrole nitrogens is 1. The van der Waals surface area contributed by atoms with Crippen LogP contribution >= 0.6 is 0 Å². The summed E-state index contributed by atoms with van der Waals surface area (Å²) in [4.78, 5) is 20.8. The molecular weight excluding hydrogens is 556 g/mol. The lowest BCUT2D eigenvalue weighted by Crippen LogP contribution is -2.67. The van der Waals surface area contributed by atoms with E-state index < -0.39 is 11.0 Å². The molecule has 0 amide bonds. The van der Waals surface area contributed by atoms with Crippen LogP contribution in [0, 0.1) is 33.5 Å². The maximum absolute atomic E-state index is 14.6. The number of nitrogens with one attached hydrogen (secondary N) is 1. The molecule has 0 saturated heterocycles. The number of aromatic nitrogens is 1. The van der Waals surface area contributed by atoms with Gasteiger partial charge in [-0.2, -0.15) is 0 Å². The standard InChI is InChI=1S/C40H46N2O3/c1-36-16-12-27(43)22-38(36)19-20-40(30(23-38)35(44)26-8-4-3-5-9-26)33(36)13-17-37(2)34(40)14-18-39(37,45)25-42-21-15-29-28-10-6-7-11-31(28)41-32(29)24-42/h3-11,19-20,23,27,33-34,41,43,45H,12-18,21-22,24-25H2,1-2H3. The number of para-hydroxylation sites is 1. The molecule has 1 aliphatic heterocycles. The third-order valence-electron chi connectivity index (χ3n) is 14.4. The fraction of sp³-hybridized carbons (Fsp3) is 0.525. The van der Waals surface area contributed by atoms with Crippen LogP contribution in [0.25, 0.3) is 10.9 Å². The van der Waals surface area contributed by atoms with Gasteiger partial charge in [-0.15, -0.1) is 0 Å². The summed E-state index contributed by atoms with van der Waals surface area (Å²) < 4.78 is 0. The number of aliphatic hydroxyl groups is 2. The van der Waals surface area contributed by atoms with Crippen molar-refractivity contribution in [1.82, 2.24) is 9.88 Å². The second-order valence-corrected chi connectivity index (χ2v) is 16.1. The zero-order valence-electron chi connectivity index (χ0n) is 26.7. The zero-order chi connectivity index (χ0) is 30.8. The van der Waals surface area contributed by atoms with Gasteiger partial charge in [0, 0.05) is 63.6 Å². The highest BCUT2D eigenvalue weighted by atomic mass is 16.3. The number of aliphatic hydroxyl groups excluding tert-OH is 1. The fourth-order valence-corrected chi connectivity index (χ4v) is 12.1. The van der Waals surface area contributed by atoms with Crippen LogP contribution in [0.2, 0.25) is 0 Å². The minimum atomic E-state index is -0.828. The molecule has 2 bridgehead atoms. The molecule has 5 heteroatoms. The third kappa shape index (κ3) is 3.53. The van der Waals surface area contributed by atoms with Gasteiger partial charge in [-0.25, -0.2) is 0 Å². The fourth-order valence-electron chi connectivity index (χ4n) is 12.1. The number of benzene rings is 2. The third-order valence-corrected chi connectivity index (χ3v) is 14.4. The van der Waals surface area contributed by atoms with Crippen molar-refractivity contribution in [2.45, 2.75) is 83.5 Å². The number of carbonyl (C=O) groups excluding carboxylic acids is 1. The van der Waals surface area contributed by atoms with Gasteiger partial charge in [0.15, 0.2) is 5.78 Å². The Hall–Kier alpha value is -2.99. The van der Waals surface area contributed by atoms with Crippen LogP contribution in [-0.2, 0) is 13.0 Å². The quantitative estimate of drug-likeness (QED) is 0.222. The first-order chi connectivity index (χ1) is 21.6. The SMILES string of the molecule is CC12CCC(O)CC13C=CC1(C(C(=O)c4ccccc4)=C3)C2CCC2(C)C1CCC2(O)CN1CCc2c([nH]c3ccccc23)C1. The summed E-state index contributed by atoms with van der Waals surface area (Å²) in [6.45, 7) is 7.26. The van der Waals surface area contributed by atoms with E-state index in [1.807, 2.05) is 30.3 Å². The molecule has 6 aliphatic carbocycles. The van der Waals surface area contributed by atoms with E-state index in [9.17, 15) is 15.0 Å². The van der Waals surface area contributed by atoms with Crippen molar-refractivity contribution in [3.8, 4) is 0 Å². The van der Waals surface area contributed by atoms with E-state index in [0.717, 1.165) is 69.2 Å². The summed E-state index contributed by atoms with van der Waals surface area (Å²) in [6, 6.07) is 18.4. The minimum Gasteiger partial charge on any atom is -0.393 e. The molecule has 8 unspecified atom stereocenters. The van der Waals surface area contributed by atoms with Gasteiger partial charge >= 0.3 is 0 Å². The number of Topliss-reactive ketones (excluding diaryl/α,β-unsaturated/α-hetero) is 1. The lowest BCUT2D eigenvalue weighted by Gasteiger charge is -2.71. The Balaban J connectivity index is 1.10. The molecule has 7 aliphatic rings. The number of allylic oxidation sites excluding steroid dienone is 4. The van der Waals surface area contributed by atoms with E-state index in [1.54, 1.807) is 0 Å². The van der Waals surface area contributed by atoms with Gasteiger partial charge in [-0.05, 0) is 80.2 Å². The van der Waals surface area contributed by atoms with Crippen LogP contribution in [0.5, 0.6) is 0 Å². The summed E-state index contributed by atoms with van der Waals surface area (Å²) in [5.41, 5.74) is 3.75. The molecule has 3 aromatic rings. The summed E-state index contributed by atoms with van der Waals surface area (Å²) in [7, 11) is 0. The topological polar surface area (TPSA) is 76.6 Å². The van der Waals surface area contributed by atoms with Crippen LogP contribution in [0.1, 0.15) is 80.4 Å². The number of hydrogen-bond acceptors (Lipinski definition) is 4. The highest BCUT2D eigenvalue weighted by molar-refractivity contribution is 6.10. The van der Waals surface area contributed by atoms with Crippen molar-refractivity contribution in [3.05, 3.63) is 95.2 Å². The summed E-state index contributed by atoms with van der Waals surface area (Å²) >= 11 is 0. The number of carbonyl (C=O) groups is 1. The smallest absolute Gasteiger partial charge is 0.189 e. The van der Waals surface area contributed by atoms with Crippen LogP contribution in [-0.4, -0.2) is 50.7 Å². The Morgan fingerprint density at radius 2 is 1.67 bits per heavy atom. The summed E-state index contributed by atoms with van der Waals surface area (Å²) in [5, 5.41) is 25.1. The van der Waals surface area contributed by atoms with E-state index in [2.05, 4.69) is 66.2 Å². The molecule has 10 rings (SSSR count). The molecule has 3 saturated carbocycles. The van der Waals surface area contributed by atoms with Crippen molar-refractivity contribution in [3.63, 3.8) is 0 Å². The van der Waals surface area contributed by atoms with Crippen molar-refractivity contribution in [2.24, 2.45) is 33.5 Å². The molecular formula is C40H46N2O3. The van der Waals surface area contributed by atoms with Gasteiger partial charge in [-0.3, -0.25) is 9.69 Å². The molecule has 45 heavy (non-hydrogen) atoms. The second-order valence-electron chi connectivity index (χ2n) is 16.1. The van der Waals surface area contributed by atoms with Crippen LogP contribution in [0.3, 0.4) is 0 Å². The number of rotatable bonds is 4. The average Bonchev–Trinajstić information content (AvgIpc) is 3.54. The Bertz CT molecular complexity index is 1770. The van der Waals surface area contributed by atoms with E-state index >= 15 is 0 Å². The Morgan fingerprint density at radius 1 is 0.933 bits per heavy atom. The van der Waals surface area contributed by atoms with Crippen molar-refractivity contribution < 1.29 is 15.0 Å². The number of β-amino-alcohol motifs (C(OH)–C–C–N with tert-alkyl or cyclic N) is 1. The van der Waals surface area contributed by atoms with E-state index in [4.69, 9.17) is 0 Å². The minimum absolute atomic E-state index is 0.0115. The number of aromatic amines is 1. The van der Waals surface area contributed by atoms with Gasteiger partial charge in [-0.1, -0.05) is 80.6 Å². The van der Waals surface area contributed by atoms with E-state index in [1.165, 1.54) is 22.2 Å². The Labute approximate surface area is 266 Å². The molecule has 1 aromatic heterocycles. The molecule has 3 N–H and O–H groups in total. The van der Waals surface area contributed by atoms with E-state index in [-0.39, 0.29) is 34.1 Å². The molecule has 2 heterocycles. The molecule has 3 fully saturated rings. The first kappa shape index (κ1) is 28.3. The van der Waals surface area contributed by atoms with Gasteiger partial charge in [0.2, 0.25) is 0 Å². The number of hydrogen-bond donors (Lipinski definition) is 3. The lowest BCUT2D eigenvalue weighted by atomic mass is 9.32. The van der Waals surface area contributed by atoms with Gasteiger partial charge in [0.1, 0.15) is 0 Å². The van der Waals surface area contributed by atoms with Gasteiger partial charge in [0.25, 0.3) is 0 Å². The highest BCUT2D eigenvalue weighted by Gasteiger charge is 2.74. The normalized spacial score (nSPS) is 41.7. The molecule has 0 radical (unpaired) electrons. The second kappa shape index (κ2) is 9.30. The maximum atomic E-state index is 14.6. The van der Waals surface area contributed by atoms with Crippen molar-refractivity contribution >= 4 is 16.7 Å². The largest absolute Gasteiger partial charge is 0.393 e. The first-order valence-corrected chi connectivity index (χ1v) is 17.4. The average molecular weight is 603 g/mol. The Kier molecular flexibility index (Phi) is 5.84. The zero-order valence-corrected chi connectivity index (χ0v) is 26.7. The lowest BCUT2D eigenvalue weighted by molar-refractivity contribution is -0.176.